The highest BCUT2D eigenvalue weighted by molar-refractivity contribution is 7.11. The minimum atomic E-state index is -0.354. The number of β-amino-alcohol motifs (C(OH)–C–C–N with tert-alkyl or cyclic N) is 1. The molecule has 2 rings (SSSR count). The van der Waals surface area contributed by atoms with Crippen molar-refractivity contribution in [3.05, 3.63) is 21.7 Å². The van der Waals surface area contributed by atoms with Gasteiger partial charge in [-0.15, -0.1) is 21.5 Å². The number of hydrogen-bond donors (Lipinski definition) is 2. The summed E-state index contributed by atoms with van der Waals surface area (Å²) >= 11 is 1.66. The lowest BCUT2D eigenvalue weighted by molar-refractivity contribution is 0.213. The predicted molar refractivity (Wildman–Crippen MR) is 60.0 cm³/mol. The molecule has 0 bridgehead atoms. The molecule has 0 amide bonds. The van der Waals surface area contributed by atoms with Gasteiger partial charge in [-0.05, 0) is 6.42 Å². The number of rotatable bonds is 3. The Balaban J connectivity index is 2.01. The number of nitrogens with one attached hydrogen (secondary N) is 1. The Kier molecular flexibility index (Phi) is 3.45. The van der Waals surface area contributed by atoms with Crippen LogP contribution < -0.4 is 5.32 Å². The summed E-state index contributed by atoms with van der Waals surface area (Å²) in [5, 5.41) is 22.9. The Morgan fingerprint density at radius 2 is 2.33 bits per heavy atom. The molecular formula is C10H15N3OS. The van der Waals surface area contributed by atoms with Crippen molar-refractivity contribution >= 4 is 11.3 Å². The van der Waals surface area contributed by atoms with Gasteiger partial charge in [0.1, 0.15) is 10.0 Å². The third kappa shape index (κ3) is 2.84. The standard InChI is InChI=1S/C10H15N3OS/c1-2-9-12-13-10(15-9)4-7-3-8(14)6-11-5-7/h3,8,11,14H,2,4-6H2,1H3. The summed E-state index contributed by atoms with van der Waals surface area (Å²) in [5.41, 5.74) is 1.20. The summed E-state index contributed by atoms with van der Waals surface area (Å²) in [6.07, 6.45) is 3.32. The molecule has 0 fully saturated rings. The second kappa shape index (κ2) is 4.83. The van der Waals surface area contributed by atoms with E-state index in [0.717, 1.165) is 29.4 Å². The van der Waals surface area contributed by atoms with E-state index in [0.29, 0.717) is 6.54 Å². The summed E-state index contributed by atoms with van der Waals surface area (Å²) in [7, 11) is 0. The summed E-state index contributed by atoms with van der Waals surface area (Å²) in [4.78, 5) is 0. The van der Waals surface area contributed by atoms with Gasteiger partial charge in [0.05, 0.1) is 6.10 Å². The van der Waals surface area contributed by atoms with Crippen molar-refractivity contribution in [3.8, 4) is 0 Å². The average Bonchev–Trinajstić information content (AvgIpc) is 2.65. The molecule has 2 N–H and O–H groups in total. The topological polar surface area (TPSA) is 58.0 Å². The van der Waals surface area contributed by atoms with Gasteiger partial charge in [-0.1, -0.05) is 18.6 Å². The van der Waals surface area contributed by atoms with Crippen LogP contribution in [0.2, 0.25) is 0 Å². The molecule has 0 saturated carbocycles. The molecule has 4 nitrogen and oxygen atoms in total. The van der Waals surface area contributed by atoms with Crippen LogP contribution in [0.25, 0.3) is 0 Å². The number of aryl methyl sites for hydroxylation is 1. The molecule has 1 atom stereocenters. The highest BCUT2D eigenvalue weighted by atomic mass is 32.1. The molecule has 2 heterocycles. The summed E-state index contributed by atoms with van der Waals surface area (Å²) < 4.78 is 0. The van der Waals surface area contributed by atoms with Crippen molar-refractivity contribution in [1.82, 2.24) is 15.5 Å². The number of aliphatic hydroxyl groups excluding tert-OH is 1. The van der Waals surface area contributed by atoms with Gasteiger partial charge in [-0.3, -0.25) is 0 Å². The van der Waals surface area contributed by atoms with E-state index in [1.54, 1.807) is 11.3 Å². The third-order valence-electron chi connectivity index (χ3n) is 2.32. The molecular weight excluding hydrogens is 210 g/mol. The number of nitrogens with zero attached hydrogens (tertiary/aromatic N) is 2. The molecule has 1 aliphatic heterocycles. The Hall–Kier alpha value is -0.780. The van der Waals surface area contributed by atoms with Crippen molar-refractivity contribution in [2.75, 3.05) is 13.1 Å². The lowest BCUT2D eigenvalue weighted by Gasteiger charge is -2.17. The van der Waals surface area contributed by atoms with Crippen LogP contribution in [0.15, 0.2) is 11.6 Å². The molecule has 82 valence electrons. The molecule has 1 unspecified atom stereocenters. The van der Waals surface area contributed by atoms with Gasteiger partial charge in [-0.25, -0.2) is 0 Å². The van der Waals surface area contributed by atoms with Gasteiger partial charge >= 0.3 is 0 Å². The average molecular weight is 225 g/mol. The van der Waals surface area contributed by atoms with Crippen LogP contribution in [0.5, 0.6) is 0 Å². The van der Waals surface area contributed by atoms with Crippen LogP contribution >= 0.6 is 11.3 Å². The van der Waals surface area contributed by atoms with Crippen molar-refractivity contribution in [2.24, 2.45) is 0 Å². The largest absolute Gasteiger partial charge is 0.388 e. The second-order valence-electron chi connectivity index (χ2n) is 3.64. The first-order valence-electron chi connectivity index (χ1n) is 5.17. The van der Waals surface area contributed by atoms with Crippen molar-refractivity contribution in [3.63, 3.8) is 0 Å². The molecule has 0 spiro atoms. The first-order chi connectivity index (χ1) is 7.28. The molecule has 0 saturated heterocycles. The number of hydrogen-bond acceptors (Lipinski definition) is 5. The molecule has 1 aliphatic rings. The van der Waals surface area contributed by atoms with E-state index in [1.807, 2.05) is 6.08 Å². The SMILES string of the molecule is CCc1nnc(CC2=CC(O)CNC2)s1. The van der Waals surface area contributed by atoms with Crippen LogP contribution in [0.3, 0.4) is 0 Å². The number of aliphatic hydroxyl groups is 1. The summed E-state index contributed by atoms with van der Waals surface area (Å²) in [5.74, 6) is 0. The summed E-state index contributed by atoms with van der Waals surface area (Å²) in [6.45, 7) is 3.58. The molecule has 5 heteroatoms. The molecule has 1 aromatic heterocycles. The van der Waals surface area contributed by atoms with Gasteiger partial charge in [-0.2, -0.15) is 0 Å². The van der Waals surface area contributed by atoms with E-state index < -0.39 is 0 Å². The fraction of sp³-hybridized carbons (Fsp3) is 0.600. The van der Waals surface area contributed by atoms with E-state index in [1.165, 1.54) is 5.57 Å². The zero-order chi connectivity index (χ0) is 10.7. The minimum absolute atomic E-state index is 0.354. The van der Waals surface area contributed by atoms with E-state index in [9.17, 15) is 5.11 Å². The van der Waals surface area contributed by atoms with Gasteiger partial charge < -0.3 is 10.4 Å². The maximum atomic E-state index is 9.44. The fourth-order valence-corrected chi connectivity index (χ4v) is 2.43. The molecule has 1 aromatic rings. The van der Waals surface area contributed by atoms with Crippen LogP contribution in [0.1, 0.15) is 16.9 Å². The maximum Gasteiger partial charge on any atom is 0.121 e. The lowest BCUT2D eigenvalue weighted by atomic mass is 10.1. The third-order valence-corrected chi connectivity index (χ3v) is 3.39. The first kappa shape index (κ1) is 10.7. The number of aromatic nitrogens is 2. The smallest absolute Gasteiger partial charge is 0.121 e. The zero-order valence-electron chi connectivity index (χ0n) is 8.73. The maximum absolute atomic E-state index is 9.44. The second-order valence-corrected chi connectivity index (χ2v) is 4.79. The summed E-state index contributed by atoms with van der Waals surface area (Å²) in [6, 6.07) is 0. The lowest BCUT2D eigenvalue weighted by Crippen LogP contribution is -2.32. The minimum Gasteiger partial charge on any atom is -0.388 e. The highest BCUT2D eigenvalue weighted by Crippen LogP contribution is 2.15. The van der Waals surface area contributed by atoms with Crippen molar-refractivity contribution in [2.45, 2.75) is 25.9 Å². The van der Waals surface area contributed by atoms with E-state index in [2.05, 4.69) is 22.4 Å². The Bertz CT molecular complexity index is 361. The van der Waals surface area contributed by atoms with E-state index in [4.69, 9.17) is 0 Å². The van der Waals surface area contributed by atoms with Crippen LogP contribution in [-0.4, -0.2) is 34.5 Å². The Morgan fingerprint density at radius 3 is 3.00 bits per heavy atom. The van der Waals surface area contributed by atoms with Gasteiger partial charge in [0.15, 0.2) is 0 Å². The fourth-order valence-electron chi connectivity index (χ4n) is 1.59. The first-order valence-corrected chi connectivity index (χ1v) is 5.99. The zero-order valence-corrected chi connectivity index (χ0v) is 9.55. The Labute approximate surface area is 93.0 Å². The van der Waals surface area contributed by atoms with Crippen molar-refractivity contribution in [1.29, 1.82) is 0 Å². The monoisotopic (exact) mass is 225 g/mol. The van der Waals surface area contributed by atoms with E-state index in [-0.39, 0.29) is 6.10 Å². The molecule has 0 radical (unpaired) electrons. The quantitative estimate of drug-likeness (QED) is 0.737. The van der Waals surface area contributed by atoms with Crippen LogP contribution in [0, 0.1) is 0 Å². The molecule has 15 heavy (non-hydrogen) atoms. The normalized spacial score (nSPS) is 21.5. The highest BCUT2D eigenvalue weighted by Gasteiger charge is 2.12. The van der Waals surface area contributed by atoms with Crippen LogP contribution in [-0.2, 0) is 12.8 Å². The molecule has 0 aliphatic carbocycles. The van der Waals surface area contributed by atoms with Gasteiger partial charge in [0, 0.05) is 19.5 Å². The Morgan fingerprint density at radius 1 is 1.53 bits per heavy atom. The van der Waals surface area contributed by atoms with Crippen molar-refractivity contribution < 1.29 is 5.11 Å². The van der Waals surface area contributed by atoms with Crippen LogP contribution in [0.4, 0.5) is 0 Å². The van der Waals surface area contributed by atoms with E-state index >= 15 is 0 Å². The molecule has 0 aromatic carbocycles. The van der Waals surface area contributed by atoms with Gasteiger partial charge in [0.2, 0.25) is 0 Å². The van der Waals surface area contributed by atoms with Gasteiger partial charge in [0.25, 0.3) is 0 Å². The predicted octanol–water partition coefficient (Wildman–Crippen LogP) is 0.533.